The van der Waals surface area contributed by atoms with Gasteiger partial charge in [-0.2, -0.15) is 0 Å². The highest BCUT2D eigenvalue weighted by atomic mass is 15.1. The Morgan fingerprint density at radius 1 is 0.913 bits per heavy atom. The maximum absolute atomic E-state index is 7.39. The molecule has 120 valence electrons. The summed E-state index contributed by atoms with van der Waals surface area (Å²) in [6, 6.07) is 15.1. The maximum atomic E-state index is 7.39. The molecule has 0 atom stereocenters. The first kappa shape index (κ1) is 16.4. The van der Waals surface area contributed by atoms with Gasteiger partial charge in [-0.3, -0.25) is 10.8 Å². The van der Waals surface area contributed by atoms with Gasteiger partial charge in [-0.25, -0.2) is 0 Å². The van der Waals surface area contributed by atoms with Gasteiger partial charge >= 0.3 is 0 Å². The Balaban J connectivity index is 1.85. The third kappa shape index (κ3) is 4.47. The first-order valence-corrected chi connectivity index (χ1v) is 7.31. The van der Waals surface area contributed by atoms with Crippen molar-refractivity contribution in [3.05, 3.63) is 59.7 Å². The summed E-state index contributed by atoms with van der Waals surface area (Å²) < 4.78 is 0. The molecule has 23 heavy (non-hydrogen) atoms. The van der Waals surface area contributed by atoms with E-state index in [0.717, 1.165) is 35.6 Å². The lowest BCUT2D eigenvalue weighted by atomic mass is 10.2. The van der Waals surface area contributed by atoms with Gasteiger partial charge < -0.3 is 21.7 Å². The number of nitrogens with zero attached hydrogens (tertiary/aromatic N) is 1. The minimum atomic E-state index is 0.0743. The van der Waals surface area contributed by atoms with Gasteiger partial charge in [0.25, 0.3) is 0 Å². The van der Waals surface area contributed by atoms with E-state index in [1.54, 1.807) is 0 Å². The standard InChI is InChI=1S/C17H22N6/c1-23(15-8-4-13(5-9-15)17(20)21)11-10-22-14-6-2-12(3-7-14)16(18)19/h2-9,22H,10-11H2,1H3,(H3,18,19)(H3,20,21). The van der Waals surface area contributed by atoms with Crippen LogP contribution in [0.3, 0.4) is 0 Å². The first-order valence-electron chi connectivity index (χ1n) is 7.31. The second kappa shape index (κ2) is 7.31. The van der Waals surface area contributed by atoms with Crippen LogP contribution in [0.1, 0.15) is 11.1 Å². The van der Waals surface area contributed by atoms with Crippen molar-refractivity contribution in [3.8, 4) is 0 Å². The highest BCUT2D eigenvalue weighted by Gasteiger charge is 2.02. The molecule has 0 radical (unpaired) electrons. The number of nitrogens with one attached hydrogen (secondary N) is 3. The SMILES string of the molecule is CN(CCNc1ccc(C(=N)N)cc1)c1ccc(C(=N)N)cc1. The molecule has 0 aliphatic heterocycles. The largest absolute Gasteiger partial charge is 0.384 e. The van der Waals surface area contributed by atoms with Crippen LogP contribution in [0.25, 0.3) is 0 Å². The van der Waals surface area contributed by atoms with Crippen LogP contribution in [0, 0.1) is 10.8 Å². The van der Waals surface area contributed by atoms with E-state index in [9.17, 15) is 0 Å². The van der Waals surface area contributed by atoms with Crippen molar-refractivity contribution in [3.63, 3.8) is 0 Å². The zero-order valence-corrected chi connectivity index (χ0v) is 13.1. The zero-order chi connectivity index (χ0) is 16.8. The molecule has 0 aliphatic rings. The van der Waals surface area contributed by atoms with E-state index in [0.29, 0.717) is 0 Å². The van der Waals surface area contributed by atoms with Crippen molar-refractivity contribution in [2.75, 3.05) is 30.4 Å². The lowest BCUT2D eigenvalue weighted by Crippen LogP contribution is -2.24. The highest BCUT2D eigenvalue weighted by Crippen LogP contribution is 2.14. The summed E-state index contributed by atoms with van der Waals surface area (Å²) in [6.07, 6.45) is 0. The van der Waals surface area contributed by atoms with Crippen LogP contribution in [0.4, 0.5) is 11.4 Å². The van der Waals surface area contributed by atoms with Gasteiger partial charge in [-0.1, -0.05) is 0 Å². The number of rotatable bonds is 7. The van der Waals surface area contributed by atoms with Crippen LogP contribution in [-0.2, 0) is 0 Å². The number of nitrogens with two attached hydrogens (primary N) is 2. The molecule has 2 aromatic rings. The minimum Gasteiger partial charge on any atom is -0.384 e. The third-order valence-corrected chi connectivity index (χ3v) is 3.59. The van der Waals surface area contributed by atoms with Gasteiger partial charge in [-0.15, -0.1) is 0 Å². The molecular weight excluding hydrogens is 288 g/mol. The molecule has 6 nitrogen and oxygen atoms in total. The number of anilines is 2. The van der Waals surface area contributed by atoms with Gasteiger partial charge in [-0.05, 0) is 48.5 Å². The van der Waals surface area contributed by atoms with Gasteiger partial charge in [0.1, 0.15) is 11.7 Å². The predicted molar refractivity (Wildman–Crippen MR) is 96.7 cm³/mol. The van der Waals surface area contributed by atoms with Crippen LogP contribution in [0.5, 0.6) is 0 Å². The smallest absolute Gasteiger partial charge is 0.122 e. The molecule has 0 spiro atoms. The zero-order valence-electron chi connectivity index (χ0n) is 13.1. The van der Waals surface area contributed by atoms with Crippen LogP contribution in [0.15, 0.2) is 48.5 Å². The topological polar surface area (TPSA) is 115 Å². The van der Waals surface area contributed by atoms with E-state index in [2.05, 4.69) is 10.2 Å². The number of hydrogen-bond donors (Lipinski definition) is 5. The maximum Gasteiger partial charge on any atom is 0.122 e. The molecule has 6 heteroatoms. The molecular formula is C17H22N6. The number of amidine groups is 2. The average Bonchev–Trinajstić information content (AvgIpc) is 2.55. The molecule has 7 N–H and O–H groups in total. The molecule has 0 bridgehead atoms. The molecule has 2 aromatic carbocycles. The second-order valence-corrected chi connectivity index (χ2v) is 5.30. The Hall–Kier alpha value is -3.02. The highest BCUT2D eigenvalue weighted by molar-refractivity contribution is 5.95. The molecule has 0 aromatic heterocycles. The normalized spacial score (nSPS) is 10.1. The molecule has 2 rings (SSSR count). The number of hydrogen-bond acceptors (Lipinski definition) is 4. The van der Waals surface area contributed by atoms with E-state index in [1.807, 2.05) is 55.6 Å². The quantitative estimate of drug-likeness (QED) is 0.396. The van der Waals surface area contributed by atoms with Crippen molar-refractivity contribution in [1.29, 1.82) is 10.8 Å². The Morgan fingerprint density at radius 2 is 1.39 bits per heavy atom. The molecule has 0 saturated heterocycles. The van der Waals surface area contributed by atoms with Crippen molar-refractivity contribution >= 4 is 23.0 Å². The fourth-order valence-electron chi connectivity index (χ4n) is 2.16. The van der Waals surface area contributed by atoms with Gasteiger partial charge in [0, 0.05) is 42.6 Å². The molecule has 0 fully saturated rings. The Kier molecular flexibility index (Phi) is 5.19. The second-order valence-electron chi connectivity index (χ2n) is 5.30. The van der Waals surface area contributed by atoms with Crippen LogP contribution >= 0.6 is 0 Å². The molecule has 0 amide bonds. The first-order chi connectivity index (χ1) is 11.0. The van der Waals surface area contributed by atoms with E-state index in [-0.39, 0.29) is 11.7 Å². The van der Waals surface area contributed by atoms with Crippen molar-refractivity contribution in [2.24, 2.45) is 11.5 Å². The van der Waals surface area contributed by atoms with E-state index >= 15 is 0 Å². The molecule has 0 aliphatic carbocycles. The van der Waals surface area contributed by atoms with Crippen molar-refractivity contribution in [2.45, 2.75) is 0 Å². The summed E-state index contributed by atoms with van der Waals surface area (Å²) in [7, 11) is 2.02. The summed E-state index contributed by atoms with van der Waals surface area (Å²) in [5.74, 6) is 0.153. The summed E-state index contributed by atoms with van der Waals surface area (Å²) in [6.45, 7) is 1.61. The van der Waals surface area contributed by atoms with Gasteiger partial charge in [0.2, 0.25) is 0 Å². The lowest BCUT2D eigenvalue weighted by molar-refractivity contribution is 0.914. The van der Waals surface area contributed by atoms with Crippen molar-refractivity contribution < 1.29 is 0 Å². The Bertz CT molecular complexity index is 675. The summed E-state index contributed by atoms with van der Waals surface area (Å²) in [4.78, 5) is 2.13. The monoisotopic (exact) mass is 310 g/mol. The van der Waals surface area contributed by atoms with E-state index in [1.165, 1.54) is 0 Å². The van der Waals surface area contributed by atoms with Crippen molar-refractivity contribution in [1.82, 2.24) is 0 Å². The average molecular weight is 310 g/mol. The number of nitrogen functional groups attached to an aromatic ring is 2. The van der Waals surface area contributed by atoms with Crippen LogP contribution in [0.2, 0.25) is 0 Å². The summed E-state index contributed by atoms with van der Waals surface area (Å²) in [5, 5.41) is 18.1. The summed E-state index contributed by atoms with van der Waals surface area (Å²) >= 11 is 0. The van der Waals surface area contributed by atoms with E-state index in [4.69, 9.17) is 22.3 Å². The molecule has 0 unspecified atom stereocenters. The summed E-state index contributed by atoms with van der Waals surface area (Å²) in [5.41, 5.74) is 14.4. The minimum absolute atomic E-state index is 0.0743. The predicted octanol–water partition coefficient (Wildman–Crippen LogP) is 1.80. The molecule has 0 saturated carbocycles. The fraction of sp³-hybridized carbons (Fsp3) is 0.176. The Morgan fingerprint density at radius 3 is 1.87 bits per heavy atom. The van der Waals surface area contributed by atoms with Gasteiger partial charge in [0.15, 0.2) is 0 Å². The van der Waals surface area contributed by atoms with Gasteiger partial charge in [0.05, 0.1) is 0 Å². The van der Waals surface area contributed by atoms with Crippen LogP contribution in [-0.4, -0.2) is 31.8 Å². The number of likely N-dealkylation sites (N-methyl/N-ethyl adjacent to an activating group) is 1. The van der Waals surface area contributed by atoms with E-state index < -0.39 is 0 Å². The molecule has 0 heterocycles. The third-order valence-electron chi connectivity index (χ3n) is 3.59. The lowest BCUT2D eigenvalue weighted by Gasteiger charge is -2.20. The Labute approximate surface area is 136 Å². The fourth-order valence-corrected chi connectivity index (χ4v) is 2.16. The number of benzene rings is 2. The van der Waals surface area contributed by atoms with Crippen LogP contribution < -0.4 is 21.7 Å².